The summed E-state index contributed by atoms with van der Waals surface area (Å²) in [5, 5.41) is 2.02. The van der Waals surface area contributed by atoms with Crippen LogP contribution >= 0.6 is 0 Å². The first-order valence-electron chi connectivity index (χ1n) is 3.53. The van der Waals surface area contributed by atoms with Crippen LogP contribution in [0.5, 0.6) is 0 Å². The normalized spacial score (nSPS) is 9.77. The fourth-order valence-corrected chi connectivity index (χ4v) is 0.888. The highest BCUT2D eigenvalue weighted by molar-refractivity contribution is 5.89. The number of rotatable bonds is 1. The van der Waals surface area contributed by atoms with Gasteiger partial charge in [0.1, 0.15) is 5.69 Å². The maximum atomic E-state index is 12.9. The summed E-state index contributed by atoms with van der Waals surface area (Å²) in [6.07, 6.45) is 0. The van der Waals surface area contributed by atoms with Crippen LogP contribution < -0.4 is 11.1 Å². The molecule has 0 saturated carbocycles. The van der Waals surface area contributed by atoms with Crippen LogP contribution in [0.25, 0.3) is 0 Å². The zero-order chi connectivity index (χ0) is 10.0. The van der Waals surface area contributed by atoms with E-state index in [1.807, 2.05) is 5.32 Å². The van der Waals surface area contributed by atoms with Gasteiger partial charge in [0, 0.05) is 12.6 Å². The van der Waals surface area contributed by atoms with Crippen LogP contribution in [0, 0.1) is 11.6 Å². The lowest BCUT2D eigenvalue weighted by Crippen LogP contribution is -2.09. The molecule has 0 unspecified atom stereocenters. The maximum absolute atomic E-state index is 12.9. The lowest BCUT2D eigenvalue weighted by Gasteiger charge is -2.05. The third-order valence-corrected chi connectivity index (χ3v) is 1.37. The second-order valence-electron chi connectivity index (χ2n) is 2.54. The molecule has 0 aliphatic carbocycles. The standard InChI is InChI=1S/C8H8F2N2O/c1-4(13)12-8-6(9)2-5(11)3-7(8)10/h2-3H,11H2,1H3,(H,12,13). The predicted molar refractivity (Wildman–Crippen MR) is 45.1 cm³/mol. The average molecular weight is 186 g/mol. The number of anilines is 2. The minimum absolute atomic E-state index is 0.0240. The summed E-state index contributed by atoms with van der Waals surface area (Å²) >= 11 is 0. The molecule has 0 atom stereocenters. The monoisotopic (exact) mass is 186 g/mol. The topological polar surface area (TPSA) is 55.1 Å². The van der Waals surface area contributed by atoms with Crippen molar-refractivity contribution in [3.8, 4) is 0 Å². The van der Waals surface area contributed by atoms with Gasteiger partial charge >= 0.3 is 0 Å². The Bertz CT molecular complexity index is 329. The van der Waals surface area contributed by atoms with Crippen molar-refractivity contribution in [3.05, 3.63) is 23.8 Å². The summed E-state index contributed by atoms with van der Waals surface area (Å²) in [7, 11) is 0. The summed E-state index contributed by atoms with van der Waals surface area (Å²) < 4.78 is 25.9. The highest BCUT2D eigenvalue weighted by Crippen LogP contribution is 2.21. The molecule has 0 aliphatic heterocycles. The minimum atomic E-state index is -0.882. The maximum Gasteiger partial charge on any atom is 0.221 e. The molecule has 0 fully saturated rings. The smallest absolute Gasteiger partial charge is 0.221 e. The summed E-state index contributed by atoms with van der Waals surface area (Å²) in [6.45, 7) is 1.16. The van der Waals surface area contributed by atoms with Gasteiger partial charge < -0.3 is 11.1 Å². The highest BCUT2D eigenvalue weighted by atomic mass is 19.1. The molecule has 70 valence electrons. The van der Waals surface area contributed by atoms with Crippen LogP contribution in [0.3, 0.4) is 0 Å². The van der Waals surface area contributed by atoms with E-state index in [4.69, 9.17) is 5.73 Å². The Morgan fingerprint density at radius 2 is 1.85 bits per heavy atom. The number of carbonyl (C=O) groups excluding carboxylic acids is 1. The van der Waals surface area contributed by atoms with E-state index in [0.717, 1.165) is 19.1 Å². The molecule has 0 heterocycles. The molecule has 0 aromatic heterocycles. The van der Waals surface area contributed by atoms with E-state index in [0.29, 0.717) is 0 Å². The van der Waals surface area contributed by atoms with Gasteiger partial charge in [0.2, 0.25) is 5.91 Å². The van der Waals surface area contributed by atoms with Crippen LogP contribution in [0.1, 0.15) is 6.92 Å². The minimum Gasteiger partial charge on any atom is -0.399 e. The Morgan fingerprint density at radius 1 is 1.38 bits per heavy atom. The molecule has 0 spiro atoms. The Kier molecular flexibility index (Phi) is 2.46. The molecule has 1 amide bonds. The van der Waals surface area contributed by atoms with Gasteiger partial charge in [0.15, 0.2) is 11.6 Å². The number of nitrogens with two attached hydrogens (primary N) is 1. The SMILES string of the molecule is CC(=O)Nc1c(F)cc(N)cc1F. The molecule has 1 aromatic carbocycles. The molecule has 5 heteroatoms. The van der Waals surface area contributed by atoms with Crippen LogP contribution in [-0.2, 0) is 4.79 Å². The Labute approximate surface area is 73.5 Å². The quantitative estimate of drug-likeness (QED) is 0.653. The molecule has 0 bridgehead atoms. The number of benzene rings is 1. The largest absolute Gasteiger partial charge is 0.399 e. The van der Waals surface area contributed by atoms with Gasteiger partial charge in [-0.1, -0.05) is 0 Å². The molecule has 0 saturated heterocycles. The second-order valence-corrected chi connectivity index (χ2v) is 2.54. The molecule has 3 nitrogen and oxygen atoms in total. The number of amides is 1. The molecular weight excluding hydrogens is 178 g/mol. The van der Waals surface area contributed by atoms with Crippen molar-refractivity contribution >= 4 is 17.3 Å². The first-order valence-corrected chi connectivity index (χ1v) is 3.53. The van der Waals surface area contributed by atoms with Crippen LogP contribution in [0.2, 0.25) is 0 Å². The predicted octanol–water partition coefficient (Wildman–Crippen LogP) is 1.51. The Hall–Kier alpha value is -1.65. The number of hydrogen-bond acceptors (Lipinski definition) is 2. The molecule has 3 N–H and O–H groups in total. The van der Waals surface area contributed by atoms with Crippen LogP contribution in [-0.4, -0.2) is 5.91 Å². The van der Waals surface area contributed by atoms with Crippen LogP contribution in [0.4, 0.5) is 20.2 Å². The van der Waals surface area contributed by atoms with Gasteiger partial charge in [-0.25, -0.2) is 8.78 Å². The third kappa shape index (κ3) is 2.14. The summed E-state index contributed by atoms with van der Waals surface area (Å²) in [6, 6.07) is 1.88. The highest BCUT2D eigenvalue weighted by Gasteiger charge is 2.10. The third-order valence-electron chi connectivity index (χ3n) is 1.37. The van der Waals surface area contributed by atoms with Crippen molar-refractivity contribution in [2.45, 2.75) is 6.92 Å². The molecule has 0 radical (unpaired) electrons. The van der Waals surface area contributed by atoms with Crippen molar-refractivity contribution in [2.75, 3.05) is 11.1 Å². The van der Waals surface area contributed by atoms with Gasteiger partial charge in [0.25, 0.3) is 0 Å². The summed E-state index contributed by atoms with van der Waals surface area (Å²) in [5.41, 5.74) is 4.67. The van der Waals surface area contributed by atoms with Gasteiger partial charge in [-0.2, -0.15) is 0 Å². The van der Waals surface area contributed by atoms with E-state index in [1.165, 1.54) is 0 Å². The van der Waals surface area contributed by atoms with Crippen LogP contribution in [0.15, 0.2) is 12.1 Å². The van der Waals surface area contributed by atoms with Crippen molar-refractivity contribution in [3.63, 3.8) is 0 Å². The summed E-state index contributed by atoms with van der Waals surface area (Å²) in [5.74, 6) is -2.30. The number of halogens is 2. The van der Waals surface area contributed by atoms with Gasteiger partial charge in [-0.15, -0.1) is 0 Å². The lowest BCUT2D eigenvalue weighted by atomic mass is 10.2. The van der Waals surface area contributed by atoms with Crippen molar-refractivity contribution in [1.82, 2.24) is 0 Å². The van der Waals surface area contributed by atoms with E-state index in [1.54, 1.807) is 0 Å². The molecule has 1 rings (SSSR count). The van der Waals surface area contributed by atoms with E-state index in [2.05, 4.69) is 0 Å². The van der Waals surface area contributed by atoms with Gasteiger partial charge in [-0.05, 0) is 12.1 Å². The lowest BCUT2D eigenvalue weighted by molar-refractivity contribution is -0.114. The molecule has 0 aliphatic rings. The first-order chi connectivity index (χ1) is 6.00. The fraction of sp³-hybridized carbons (Fsp3) is 0.125. The Balaban J connectivity index is 3.13. The molecule has 13 heavy (non-hydrogen) atoms. The molecular formula is C8H8F2N2O. The van der Waals surface area contributed by atoms with Gasteiger partial charge in [-0.3, -0.25) is 4.79 Å². The first kappa shape index (κ1) is 9.44. The van der Waals surface area contributed by atoms with E-state index < -0.39 is 23.2 Å². The van der Waals surface area contributed by atoms with Crippen molar-refractivity contribution in [2.24, 2.45) is 0 Å². The average Bonchev–Trinajstić information content (AvgIpc) is 1.96. The number of nitrogen functional groups attached to an aromatic ring is 1. The van der Waals surface area contributed by atoms with E-state index in [9.17, 15) is 13.6 Å². The number of hydrogen-bond donors (Lipinski definition) is 2. The molecule has 1 aromatic rings. The summed E-state index contributed by atoms with van der Waals surface area (Å²) in [4.78, 5) is 10.5. The van der Waals surface area contributed by atoms with Crippen molar-refractivity contribution < 1.29 is 13.6 Å². The van der Waals surface area contributed by atoms with Gasteiger partial charge in [0.05, 0.1) is 0 Å². The fourth-order valence-electron chi connectivity index (χ4n) is 0.888. The van der Waals surface area contributed by atoms with Crippen molar-refractivity contribution in [1.29, 1.82) is 0 Å². The second kappa shape index (κ2) is 3.38. The van der Waals surface area contributed by atoms with E-state index >= 15 is 0 Å². The van der Waals surface area contributed by atoms with E-state index in [-0.39, 0.29) is 5.69 Å². The zero-order valence-corrected chi connectivity index (χ0v) is 6.90. The number of nitrogens with one attached hydrogen (secondary N) is 1. The Morgan fingerprint density at radius 3 is 2.23 bits per heavy atom. The zero-order valence-electron chi connectivity index (χ0n) is 6.90. The number of carbonyl (C=O) groups is 1.